The van der Waals surface area contributed by atoms with Crippen LogP contribution in [0.4, 0.5) is 19.0 Å². The zero-order valence-electron chi connectivity index (χ0n) is 7.71. The quantitative estimate of drug-likeness (QED) is 0.727. The summed E-state index contributed by atoms with van der Waals surface area (Å²) in [7, 11) is 1.29. The van der Waals surface area contributed by atoms with Gasteiger partial charge in [-0.3, -0.25) is 0 Å². The summed E-state index contributed by atoms with van der Waals surface area (Å²) in [6.07, 6.45) is -3.28. The molecule has 0 aromatic carbocycles. The molecule has 2 N–H and O–H groups in total. The minimum Gasteiger partial charge on any atom is -0.383 e. The fourth-order valence-corrected chi connectivity index (χ4v) is 1.42. The van der Waals surface area contributed by atoms with E-state index in [-0.39, 0.29) is 16.9 Å². The average Bonchev–Trinajstić information content (AvgIpc) is 2.45. The molecule has 0 saturated heterocycles. The highest BCUT2D eigenvalue weighted by atomic mass is 19.4. The molecule has 2 rings (SSSR count). The Morgan fingerprint density at radius 3 is 2.53 bits per heavy atom. The smallest absolute Gasteiger partial charge is 0.383 e. The van der Waals surface area contributed by atoms with Crippen molar-refractivity contribution in [3.8, 4) is 0 Å². The summed E-state index contributed by atoms with van der Waals surface area (Å²) in [5.41, 5.74) is 4.84. The fraction of sp³-hybridized carbons (Fsp3) is 0.250. The summed E-state index contributed by atoms with van der Waals surface area (Å²) in [5, 5.41) is 0.215. The van der Waals surface area contributed by atoms with Crippen molar-refractivity contribution in [1.29, 1.82) is 0 Å². The van der Waals surface area contributed by atoms with Gasteiger partial charge in [-0.25, -0.2) is 9.97 Å². The van der Waals surface area contributed by atoms with Crippen molar-refractivity contribution < 1.29 is 13.2 Å². The molecule has 0 amide bonds. The molecule has 0 aliphatic carbocycles. The predicted molar refractivity (Wildman–Crippen MR) is 47.9 cm³/mol. The molecule has 0 saturated carbocycles. The lowest BCUT2D eigenvalue weighted by Gasteiger charge is -2.06. The molecule has 2 heterocycles. The van der Waals surface area contributed by atoms with E-state index >= 15 is 0 Å². The molecule has 0 fully saturated rings. The van der Waals surface area contributed by atoms with Crippen LogP contribution in [0.5, 0.6) is 0 Å². The van der Waals surface area contributed by atoms with Gasteiger partial charge in [0.2, 0.25) is 0 Å². The molecule has 2 aromatic rings. The first-order valence-electron chi connectivity index (χ1n) is 4.04. The number of halogens is 3. The monoisotopic (exact) mass is 216 g/mol. The van der Waals surface area contributed by atoms with E-state index in [4.69, 9.17) is 5.73 Å². The zero-order chi connectivity index (χ0) is 11.2. The second kappa shape index (κ2) is 2.85. The van der Waals surface area contributed by atoms with Crippen molar-refractivity contribution >= 4 is 16.9 Å². The average molecular weight is 216 g/mol. The van der Waals surface area contributed by atoms with Crippen LogP contribution < -0.4 is 5.73 Å². The van der Waals surface area contributed by atoms with Gasteiger partial charge in [-0.15, -0.1) is 0 Å². The first kappa shape index (κ1) is 9.75. The summed E-state index contributed by atoms with van der Waals surface area (Å²) < 4.78 is 38.5. The van der Waals surface area contributed by atoms with Crippen LogP contribution in [0.3, 0.4) is 0 Å². The first-order chi connectivity index (χ1) is 6.91. The Morgan fingerprint density at radius 1 is 1.33 bits per heavy atom. The van der Waals surface area contributed by atoms with E-state index in [2.05, 4.69) is 9.97 Å². The van der Waals surface area contributed by atoms with Gasteiger partial charge in [0, 0.05) is 7.05 Å². The number of aryl methyl sites for hydroxylation is 1. The van der Waals surface area contributed by atoms with Gasteiger partial charge in [-0.2, -0.15) is 13.2 Å². The Labute approximate surface area is 82.5 Å². The molecule has 0 radical (unpaired) electrons. The fourth-order valence-electron chi connectivity index (χ4n) is 1.42. The molecule has 0 aliphatic heterocycles. The molecule has 0 atom stereocenters. The standard InChI is InChI=1S/C8H7F3N4/c1-15-5(8(9,10)11)2-4-6(12)13-3-14-7(4)15/h2-3H,1H3,(H2,12,13,14). The maximum absolute atomic E-state index is 12.5. The number of nitrogen functional groups attached to an aromatic ring is 1. The Morgan fingerprint density at radius 2 is 2.00 bits per heavy atom. The summed E-state index contributed by atoms with van der Waals surface area (Å²) in [4.78, 5) is 7.38. The third-order valence-electron chi connectivity index (χ3n) is 2.14. The molecule has 0 spiro atoms. The predicted octanol–water partition coefficient (Wildman–Crippen LogP) is 1.57. The molecule has 7 heteroatoms. The molecule has 4 nitrogen and oxygen atoms in total. The molecular formula is C8H7F3N4. The van der Waals surface area contributed by atoms with E-state index in [9.17, 15) is 13.2 Å². The number of aromatic nitrogens is 3. The zero-order valence-corrected chi connectivity index (χ0v) is 7.71. The van der Waals surface area contributed by atoms with Crippen molar-refractivity contribution in [3.63, 3.8) is 0 Å². The number of nitrogens with two attached hydrogens (primary N) is 1. The van der Waals surface area contributed by atoms with Gasteiger partial charge in [-0.1, -0.05) is 0 Å². The van der Waals surface area contributed by atoms with Crippen LogP contribution in [0.25, 0.3) is 11.0 Å². The van der Waals surface area contributed by atoms with Crippen molar-refractivity contribution in [2.45, 2.75) is 6.18 Å². The lowest BCUT2D eigenvalue weighted by molar-refractivity contribution is -0.142. The molecule has 80 valence electrons. The molecule has 0 bridgehead atoms. The topological polar surface area (TPSA) is 56.7 Å². The van der Waals surface area contributed by atoms with Crippen molar-refractivity contribution in [2.75, 3.05) is 5.73 Å². The summed E-state index contributed by atoms with van der Waals surface area (Å²) in [6.45, 7) is 0. The maximum atomic E-state index is 12.5. The Kier molecular flexibility index (Phi) is 1.85. The van der Waals surface area contributed by atoms with E-state index in [1.807, 2.05) is 0 Å². The summed E-state index contributed by atoms with van der Waals surface area (Å²) in [5.74, 6) is 0.0473. The van der Waals surface area contributed by atoms with E-state index in [0.717, 1.165) is 17.0 Å². The lowest BCUT2D eigenvalue weighted by atomic mass is 10.3. The van der Waals surface area contributed by atoms with Gasteiger partial charge in [-0.05, 0) is 6.07 Å². The number of alkyl halides is 3. The SMILES string of the molecule is Cn1c(C(F)(F)F)cc2c(N)ncnc21. The largest absolute Gasteiger partial charge is 0.431 e. The van der Waals surface area contributed by atoms with E-state index < -0.39 is 11.9 Å². The molecule has 15 heavy (non-hydrogen) atoms. The van der Waals surface area contributed by atoms with Gasteiger partial charge in [0.15, 0.2) is 0 Å². The van der Waals surface area contributed by atoms with E-state index in [0.29, 0.717) is 0 Å². The van der Waals surface area contributed by atoms with Crippen LogP contribution in [0.1, 0.15) is 5.69 Å². The third kappa shape index (κ3) is 1.39. The highest BCUT2D eigenvalue weighted by Crippen LogP contribution is 2.33. The maximum Gasteiger partial charge on any atom is 0.431 e. The van der Waals surface area contributed by atoms with Gasteiger partial charge in [0.25, 0.3) is 0 Å². The lowest BCUT2D eigenvalue weighted by Crippen LogP contribution is -2.10. The van der Waals surface area contributed by atoms with Gasteiger partial charge in [0.1, 0.15) is 23.5 Å². The number of hydrogen-bond donors (Lipinski definition) is 1. The number of anilines is 1. The third-order valence-corrected chi connectivity index (χ3v) is 2.14. The Balaban J connectivity index is 2.81. The van der Waals surface area contributed by atoms with Crippen LogP contribution >= 0.6 is 0 Å². The van der Waals surface area contributed by atoms with Crippen LogP contribution in [0.15, 0.2) is 12.4 Å². The molecule has 0 aliphatic rings. The van der Waals surface area contributed by atoms with Crippen LogP contribution in [0.2, 0.25) is 0 Å². The minimum atomic E-state index is -4.41. The van der Waals surface area contributed by atoms with Gasteiger partial charge < -0.3 is 10.3 Å². The second-order valence-electron chi connectivity index (χ2n) is 3.08. The van der Waals surface area contributed by atoms with Crippen molar-refractivity contribution in [1.82, 2.24) is 14.5 Å². The van der Waals surface area contributed by atoms with Crippen molar-refractivity contribution in [3.05, 3.63) is 18.1 Å². The number of nitrogens with zero attached hydrogens (tertiary/aromatic N) is 3. The number of fused-ring (bicyclic) bond motifs is 1. The molecule has 0 unspecified atom stereocenters. The van der Waals surface area contributed by atoms with Crippen LogP contribution in [-0.2, 0) is 13.2 Å². The van der Waals surface area contributed by atoms with E-state index in [1.165, 1.54) is 7.05 Å². The van der Waals surface area contributed by atoms with Gasteiger partial charge >= 0.3 is 6.18 Å². The molecule has 2 aromatic heterocycles. The summed E-state index contributed by atoms with van der Waals surface area (Å²) in [6, 6.07) is 0.949. The van der Waals surface area contributed by atoms with E-state index in [1.54, 1.807) is 0 Å². The highest BCUT2D eigenvalue weighted by Gasteiger charge is 2.35. The van der Waals surface area contributed by atoms with Crippen molar-refractivity contribution in [2.24, 2.45) is 7.05 Å². The highest BCUT2D eigenvalue weighted by molar-refractivity contribution is 5.87. The van der Waals surface area contributed by atoms with Crippen LogP contribution in [0, 0.1) is 0 Å². The second-order valence-corrected chi connectivity index (χ2v) is 3.08. The Bertz CT molecular complexity index is 514. The molecular weight excluding hydrogens is 209 g/mol. The number of hydrogen-bond acceptors (Lipinski definition) is 3. The summed E-state index contributed by atoms with van der Waals surface area (Å²) >= 11 is 0. The first-order valence-corrected chi connectivity index (χ1v) is 4.04. The van der Waals surface area contributed by atoms with Gasteiger partial charge in [0.05, 0.1) is 5.39 Å². The van der Waals surface area contributed by atoms with Crippen LogP contribution in [-0.4, -0.2) is 14.5 Å². The normalized spacial score (nSPS) is 12.3. The minimum absolute atomic E-state index is 0.0473. The Hall–Kier alpha value is -1.79. The number of rotatable bonds is 0.